The number of hydrogen-bond donors (Lipinski definition) is 0. The van der Waals surface area contributed by atoms with Crippen LogP contribution in [0.2, 0.25) is 0 Å². The molecule has 0 bridgehead atoms. The molecule has 2 heteroatoms. The third-order valence-electron chi connectivity index (χ3n) is 0.726. The molecule has 0 aromatic heterocycles. The Balaban J connectivity index is 3.35. The SMILES string of the molecule is COC(C)C#CCBr. The number of hydrogen-bond acceptors (Lipinski definition) is 1. The van der Waals surface area contributed by atoms with Crippen LogP contribution in [0.3, 0.4) is 0 Å². The van der Waals surface area contributed by atoms with Gasteiger partial charge in [-0.1, -0.05) is 27.8 Å². The molecule has 1 atom stereocenters. The third kappa shape index (κ3) is 4.17. The van der Waals surface area contributed by atoms with E-state index in [1.165, 1.54) is 0 Å². The molecule has 0 aromatic carbocycles. The molecular formula is C6H9BrO. The molecule has 0 spiro atoms. The van der Waals surface area contributed by atoms with Crippen LogP contribution < -0.4 is 0 Å². The van der Waals surface area contributed by atoms with E-state index in [1.807, 2.05) is 6.92 Å². The van der Waals surface area contributed by atoms with Crippen molar-refractivity contribution in [3.63, 3.8) is 0 Å². The lowest BCUT2D eigenvalue weighted by molar-refractivity contribution is 0.163. The van der Waals surface area contributed by atoms with E-state index in [0.29, 0.717) is 0 Å². The van der Waals surface area contributed by atoms with Crippen LogP contribution in [-0.2, 0) is 4.74 Å². The minimum atomic E-state index is 0.0625. The zero-order chi connectivity index (χ0) is 6.41. The fourth-order valence-corrected chi connectivity index (χ4v) is 0.403. The van der Waals surface area contributed by atoms with Gasteiger partial charge in [0.15, 0.2) is 0 Å². The molecule has 8 heavy (non-hydrogen) atoms. The maximum Gasteiger partial charge on any atom is 0.115 e. The Morgan fingerprint density at radius 1 is 1.75 bits per heavy atom. The first-order chi connectivity index (χ1) is 3.81. The maximum absolute atomic E-state index is 4.86. The average Bonchev–Trinajstić information content (AvgIpc) is 1.83. The fraction of sp³-hybridized carbons (Fsp3) is 0.667. The van der Waals surface area contributed by atoms with Gasteiger partial charge in [-0.3, -0.25) is 0 Å². The second-order valence-electron chi connectivity index (χ2n) is 1.33. The third-order valence-corrected chi connectivity index (χ3v) is 1.01. The standard InChI is InChI=1S/C6H9BrO/c1-6(8-2)4-3-5-7/h6H,5H2,1-2H3. The van der Waals surface area contributed by atoms with Crippen molar-refractivity contribution in [3.05, 3.63) is 0 Å². The molecule has 0 saturated heterocycles. The topological polar surface area (TPSA) is 9.23 Å². The summed E-state index contributed by atoms with van der Waals surface area (Å²) in [6, 6.07) is 0. The van der Waals surface area contributed by atoms with E-state index in [4.69, 9.17) is 4.74 Å². The predicted molar refractivity (Wildman–Crippen MR) is 38.0 cm³/mol. The lowest BCUT2D eigenvalue weighted by Gasteiger charge is -1.95. The highest BCUT2D eigenvalue weighted by atomic mass is 79.9. The Bertz CT molecular complexity index is 101. The van der Waals surface area contributed by atoms with Crippen LogP contribution in [0.1, 0.15) is 6.92 Å². The fourth-order valence-electron chi connectivity index (χ4n) is 0.241. The summed E-state index contributed by atoms with van der Waals surface area (Å²) in [4.78, 5) is 0. The van der Waals surface area contributed by atoms with Crippen LogP contribution in [0, 0.1) is 11.8 Å². The molecule has 0 aliphatic rings. The van der Waals surface area contributed by atoms with Gasteiger partial charge < -0.3 is 4.74 Å². The van der Waals surface area contributed by atoms with Crippen molar-refractivity contribution in [1.29, 1.82) is 0 Å². The van der Waals surface area contributed by atoms with Crippen LogP contribution in [0.4, 0.5) is 0 Å². The number of halogens is 1. The molecule has 0 aromatic rings. The van der Waals surface area contributed by atoms with E-state index in [-0.39, 0.29) is 6.10 Å². The Morgan fingerprint density at radius 3 is 2.75 bits per heavy atom. The van der Waals surface area contributed by atoms with Crippen molar-refractivity contribution < 1.29 is 4.74 Å². The van der Waals surface area contributed by atoms with E-state index in [2.05, 4.69) is 27.8 Å². The van der Waals surface area contributed by atoms with E-state index in [1.54, 1.807) is 7.11 Å². The van der Waals surface area contributed by atoms with E-state index in [9.17, 15) is 0 Å². The zero-order valence-corrected chi connectivity index (χ0v) is 6.66. The van der Waals surface area contributed by atoms with Crippen LogP contribution in [0.5, 0.6) is 0 Å². The summed E-state index contributed by atoms with van der Waals surface area (Å²) < 4.78 is 4.86. The van der Waals surface area contributed by atoms with E-state index in [0.717, 1.165) is 5.33 Å². The second kappa shape index (κ2) is 5.14. The monoisotopic (exact) mass is 176 g/mol. The molecule has 0 aliphatic heterocycles. The number of rotatable bonds is 1. The summed E-state index contributed by atoms with van der Waals surface area (Å²) >= 11 is 3.18. The number of alkyl halides is 1. The molecule has 0 saturated carbocycles. The van der Waals surface area contributed by atoms with Crippen molar-refractivity contribution in [1.82, 2.24) is 0 Å². The highest BCUT2D eigenvalue weighted by molar-refractivity contribution is 9.09. The van der Waals surface area contributed by atoms with Gasteiger partial charge in [0, 0.05) is 7.11 Å². The first-order valence-electron chi connectivity index (χ1n) is 2.38. The Kier molecular flexibility index (Phi) is 5.14. The Hall–Kier alpha value is 0. The van der Waals surface area contributed by atoms with Crippen molar-refractivity contribution in [2.75, 3.05) is 12.4 Å². The van der Waals surface area contributed by atoms with Gasteiger partial charge >= 0.3 is 0 Å². The van der Waals surface area contributed by atoms with Gasteiger partial charge in [-0.15, -0.1) is 0 Å². The van der Waals surface area contributed by atoms with Gasteiger partial charge in [-0.05, 0) is 6.92 Å². The molecule has 0 aliphatic carbocycles. The van der Waals surface area contributed by atoms with Gasteiger partial charge in [0.05, 0.1) is 5.33 Å². The molecule has 0 N–H and O–H groups in total. The highest BCUT2D eigenvalue weighted by Crippen LogP contribution is 1.82. The molecule has 0 heterocycles. The summed E-state index contributed by atoms with van der Waals surface area (Å²) in [6.45, 7) is 1.91. The quantitative estimate of drug-likeness (QED) is 0.434. The summed E-state index contributed by atoms with van der Waals surface area (Å²) in [6.07, 6.45) is 0.0625. The van der Waals surface area contributed by atoms with Gasteiger partial charge in [-0.25, -0.2) is 0 Å². The van der Waals surface area contributed by atoms with Crippen molar-refractivity contribution in [2.45, 2.75) is 13.0 Å². The van der Waals surface area contributed by atoms with Crippen LogP contribution in [0.25, 0.3) is 0 Å². The van der Waals surface area contributed by atoms with Crippen LogP contribution in [0.15, 0.2) is 0 Å². The molecule has 0 amide bonds. The van der Waals surface area contributed by atoms with Crippen molar-refractivity contribution in [3.8, 4) is 11.8 Å². The maximum atomic E-state index is 4.86. The molecule has 0 fully saturated rings. The lowest BCUT2D eigenvalue weighted by atomic mass is 10.4. The van der Waals surface area contributed by atoms with Crippen molar-refractivity contribution in [2.24, 2.45) is 0 Å². The molecular weight excluding hydrogens is 168 g/mol. The molecule has 1 unspecified atom stereocenters. The largest absolute Gasteiger partial charge is 0.369 e. The van der Waals surface area contributed by atoms with Gasteiger partial charge in [-0.2, -0.15) is 0 Å². The van der Waals surface area contributed by atoms with E-state index >= 15 is 0 Å². The minimum absolute atomic E-state index is 0.0625. The minimum Gasteiger partial charge on any atom is -0.369 e. The van der Waals surface area contributed by atoms with Gasteiger partial charge in [0.25, 0.3) is 0 Å². The summed E-state index contributed by atoms with van der Waals surface area (Å²) in [5, 5.41) is 0.723. The molecule has 46 valence electrons. The Morgan fingerprint density at radius 2 is 2.38 bits per heavy atom. The number of methoxy groups -OCH3 is 1. The van der Waals surface area contributed by atoms with Crippen LogP contribution in [-0.4, -0.2) is 18.5 Å². The highest BCUT2D eigenvalue weighted by Gasteiger charge is 1.86. The number of ether oxygens (including phenoxy) is 1. The molecule has 0 radical (unpaired) electrons. The smallest absolute Gasteiger partial charge is 0.115 e. The summed E-state index contributed by atoms with van der Waals surface area (Å²) in [7, 11) is 1.65. The summed E-state index contributed by atoms with van der Waals surface area (Å²) in [5.74, 6) is 5.70. The average molecular weight is 177 g/mol. The van der Waals surface area contributed by atoms with Crippen LogP contribution >= 0.6 is 15.9 Å². The van der Waals surface area contributed by atoms with Gasteiger partial charge in [0.2, 0.25) is 0 Å². The first-order valence-corrected chi connectivity index (χ1v) is 3.50. The molecule has 1 nitrogen and oxygen atoms in total. The van der Waals surface area contributed by atoms with E-state index < -0.39 is 0 Å². The second-order valence-corrected chi connectivity index (χ2v) is 1.89. The normalized spacial score (nSPS) is 11.9. The Labute approximate surface area is 58.5 Å². The van der Waals surface area contributed by atoms with Gasteiger partial charge in [0.1, 0.15) is 6.10 Å². The van der Waals surface area contributed by atoms with Crippen molar-refractivity contribution >= 4 is 15.9 Å². The lowest BCUT2D eigenvalue weighted by Crippen LogP contribution is -1.99. The predicted octanol–water partition coefficient (Wildman–Crippen LogP) is 1.42. The summed E-state index contributed by atoms with van der Waals surface area (Å²) in [5.41, 5.74) is 0. The molecule has 0 rings (SSSR count). The zero-order valence-electron chi connectivity index (χ0n) is 5.07. The first kappa shape index (κ1) is 8.00.